The molecule has 0 aliphatic rings. The van der Waals surface area contributed by atoms with E-state index in [0.29, 0.717) is 6.61 Å². The van der Waals surface area contributed by atoms with Crippen LogP contribution in [-0.2, 0) is 4.74 Å². The number of hydrogen-bond acceptors (Lipinski definition) is 5. The van der Waals surface area contributed by atoms with Crippen LogP contribution < -0.4 is 5.32 Å². The van der Waals surface area contributed by atoms with Crippen LogP contribution in [0.2, 0.25) is 0 Å². The van der Waals surface area contributed by atoms with E-state index in [0.717, 1.165) is 27.9 Å². The molecule has 19 heavy (non-hydrogen) atoms. The fourth-order valence-corrected chi connectivity index (χ4v) is 2.59. The summed E-state index contributed by atoms with van der Waals surface area (Å²) in [5.74, 6) is 0. The van der Waals surface area contributed by atoms with Gasteiger partial charge in [-0.3, -0.25) is 0 Å². The number of hydrogen-bond donors (Lipinski definition) is 1. The predicted octanol–water partition coefficient (Wildman–Crippen LogP) is 2.52. The standard InChI is InChI=1S/C13H14N4OS/c1-18-8-7-14-12-16-17-9-11(15-13(17)19-12)10-5-3-2-4-6-10/h2-6,9H,7-8H2,1H3,(H,14,16). The Labute approximate surface area is 114 Å². The molecule has 0 aliphatic carbocycles. The lowest BCUT2D eigenvalue weighted by Gasteiger charge is -1.99. The molecular formula is C13H14N4OS. The minimum absolute atomic E-state index is 0.664. The van der Waals surface area contributed by atoms with Gasteiger partial charge in [0.2, 0.25) is 10.1 Å². The summed E-state index contributed by atoms with van der Waals surface area (Å²) < 4.78 is 6.80. The normalized spacial score (nSPS) is 11.0. The van der Waals surface area contributed by atoms with Crippen LogP contribution in [0.3, 0.4) is 0 Å². The molecule has 6 heteroatoms. The SMILES string of the molecule is COCCNc1nn2cc(-c3ccccc3)nc2s1. The van der Waals surface area contributed by atoms with Crippen LogP contribution in [0.4, 0.5) is 5.13 Å². The average molecular weight is 274 g/mol. The van der Waals surface area contributed by atoms with Gasteiger partial charge in [-0.2, -0.15) is 0 Å². The third-order valence-corrected chi connectivity index (χ3v) is 3.58. The van der Waals surface area contributed by atoms with Crippen LogP contribution in [0, 0.1) is 0 Å². The molecule has 1 aromatic carbocycles. The molecule has 98 valence electrons. The number of nitrogens with one attached hydrogen (secondary N) is 1. The molecule has 3 aromatic rings. The highest BCUT2D eigenvalue weighted by molar-refractivity contribution is 7.20. The molecule has 0 amide bonds. The van der Waals surface area contributed by atoms with E-state index in [9.17, 15) is 0 Å². The summed E-state index contributed by atoms with van der Waals surface area (Å²) in [5, 5.41) is 8.50. The first-order chi connectivity index (χ1) is 9.36. The van der Waals surface area contributed by atoms with Gasteiger partial charge < -0.3 is 10.1 Å². The van der Waals surface area contributed by atoms with Crippen LogP contribution in [0.25, 0.3) is 16.2 Å². The maximum atomic E-state index is 4.99. The van der Waals surface area contributed by atoms with Crippen molar-refractivity contribution < 1.29 is 4.74 Å². The Kier molecular flexibility index (Phi) is 3.43. The highest BCUT2D eigenvalue weighted by Gasteiger charge is 2.08. The topological polar surface area (TPSA) is 51.5 Å². The second-order valence-electron chi connectivity index (χ2n) is 4.05. The molecule has 5 nitrogen and oxygen atoms in total. The van der Waals surface area contributed by atoms with E-state index >= 15 is 0 Å². The van der Waals surface area contributed by atoms with Crippen molar-refractivity contribution in [2.24, 2.45) is 0 Å². The second kappa shape index (κ2) is 5.38. The van der Waals surface area contributed by atoms with Gasteiger partial charge in [-0.25, -0.2) is 9.50 Å². The van der Waals surface area contributed by atoms with E-state index in [1.807, 2.05) is 41.0 Å². The number of benzene rings is 1. The maximum Gasteiger partial charge on any atom is 0.214 e. The van der Waals surface area contributed by atoms with E-state index in [1.165, 1.54) is 11.3 Å². The molecule has 3 rings (SSSR count). The number of nitrogens with zero attached hydrogens (tertiary/aromatic N) is 3. The van der Waals surface area contributed by atoms with E-state index in [2.05, 4.69) is 15.4 Å². The first-order valence-electron chi connectivity index (χ1n) is 6.01. The van der Waals surface area contributed by atoms with Crippen LogP contribution in [-0.4, -0.2) is 34.9 Å². The largest absolute Gasteiger partial charge is 0.383 e. The molecule has 0 unspecified atom stereocenters. The van der Waals surface area contributed by atoms with Gasteiger partial charge in [-0.1, -0.05) is 41.7 Å². The minimum atomic E-state index is 0.664. The Morgan fingerprint density at radius 3 is 2.89 bits per heavy atom. The van der Waals surface area contributed by atoms with Gasteiger partial charge >= 0.3 is 0 Å². The average Bonchev–Trinajstić information content (AvgIpc) is 2.98. The van der Waals surface area contributed by atoms with E-state index in [1.54, 1.807) is 7.11 Å². The zero-order valence-electron chi connectivity index (χ0n) is 10.5. The molecule has 0 saturated heterocycles. The fourth-order valence-electron chi connectivity index (χ4n) is 1.78. The van der Waals surface area contributed by atoms with Crippen molar-refractivity contribution in [2.45, 2.75) is 0 Å². The van der Waals surface area contributed by atoms with Crippen LogP contribution >= 0.6 is 11.3 Å². The molecule has 0 fully saturated rings. The summed E-state index contributed by atoms with van der Waals surface area (Å²) in [4.78, 5) is 5.47. The molecule has 1 N–H and O–H groups in total. The minimum Gasteiger partial charge on any atom is -0.383 e. The lowest BCUT2D eigenvalue weighted by atomic mass is 10.2. The molecule has 0 saturated carbocycles. The summed E-state index contributed by atoms with van der Waals surface area (Å²) in [6, 6.07) is 10.1. The number of anilines is 1. The van der Waals surface area contributed by atoms with E-state index in [4.69, 9.17) is 4.74 Å². The summed E-state index contributed by atoms with van der Waals surface area (Å²) in [6.45, 7) is 1.41. The second-order valence-corrected chi connectivity index (χ2v) is 5.00. The summed E-state index contributed by atoms with van der Waals surface area (Å²) >= 11 is 1.54. The molecule has 0 radical (unpaired) electrons. The Morgan fingerprint density at radius 1 is 1.32 bits per heavy atom. The summed E-state index contributed by atoms with van der Waals surface area (Å²) in [6.07, 6.45) is 1.95. The Bertz CT molecular complexity index is 630. The van der Waals surface area contributed by atoms with Crippen molar-refractivity contribution in [3.63, 3.8) is 0 Å². The van der Waals surface area contributed by atoms with Gasteiger partial charge in [0.05, 0.1) is 18.5 Å². The quantitative estimate of drug-likeness (QED) is 0.726. The smallest absolute Gasteiger partial charge is 0.214 e. The number of rotatable bonds is 5. The van der Waals surface area contributed by atoms with Gasteiger partial charge in [-0.15, -0.1) is 5.10 Å². The first kappa shape index (κ1) is 12.1. The van der Waals surface area contributed by atoms with Gasteiger partial charge in [0.15, 0.2) is 0 Å². The van der Waals surface area contributed by atoms with Crippen molar-refractivity contribution in [1.29, 1.82) is 0 Å². The maximum absolute atomic E-state index is 4.99. The van der Waals surface area contributed by atoms with Crippen molar-refractivity contribution >= 4 is 21.4 Å². The lowest BCUT2D eigenvalue weighted by molar-refractivity contribution is 0.210. The number of aromatic nitrogens is 3. The fraction of sp³-hybridized carbons (Fsp3) is 0.231. The number of methoxy groups -OCH3 is 1. The molecule has 0 spiro atoms. The van der Waals surface area contributed by atoms with E-state index < -0.39 is 0 Å². The van der Waals surface area contributed by atoms with Gasteiger partial charge in [0, 0.05) is 19.2 Å². The highest BCUT2D eigenvalue weighted by atomic mass is 32.1. The molecule has 0 bridgehead atoms. The third kappa shape index (κ3) is 2.59. The van der Waals surface area contributed by atoms with Crippen molar-refractivity contribution in [3.05, 3.63) is 36.5 Å². The van der Waals surface area contributed by atoms with E-state index in [-0.39, 0.29) is 0 Å². The van der Waals surface area contributed by atoms with Crippen LogP contribution in [0.15, 0.2) is 36.5 Å². The number of ether oxygens (including phenoxy) is 1. The van der Waals surface area contributed by atoms with Gasteiger partial charge in [0.1, 0.15) is 0 Å². The zero-order valence-corrected chi connectivity index (χ0v) is 11.4. The molecule has 0 aliphatic heterocycles. The Morgan fingerprint density at radius 2 is 2.16 bits per heavy atom. The lowest BCUT2D eigenvalue weighted by Crippen LogP contribution is -2.07. The van der Waals surface area contributed by atoms with Crippen LogP contribution in [0.1, 0.15) is 0 Å². The van der Waals surface area contributed by atoms with Crippen molar-refractivity contribution in [3.8, 4) is 11.3 Å². The first-order valence-corrected chi connectivity index (χ1v) is 6.83. The summed E-state index contributed by atoms with van der Waals surface area (Å²) in [5.41, 5.74) is 2.05. The molecule has 2 heterocycles. The molecule has 0 atom stereocenters. The Hall–Kier alpha value is -1.92. The number of imidazole rings is 1. The van der Waals surface area contributed by atoms with Crippen LogP contribution in [0.5, 0.6) is 0 Å². The zero-order chi connectivity index (χ0) is 13.1. The Balaban J connectivity index is 1.82. The van der Waals surface area contributed by atoms with Crippen molar-refractivity contribution in [2.75, 3.05) is 25.6 Å². The molecule has 2 aromatic heterocycles. The highest BCUT2D eigenvalue weighted by Crippen LogP contribution is 2.23. The summed E-state index contributed by atoms with van der Waals surface area (Å²) in [7, 11) is 1.68. The predicted molar refractivity (Wildman–Crippen MR) is 76.7 cm³/mol. The third-order valence-electron chi connectivity index (χ3n) is 2.70. The monoisotopic (exact) mass is 274 g/mol. The van der Waals surface area contributed by atoms with Gasteiger partial charge in [-0.05, 0) is 0 Å². The van der Waals surface area contributed by atoms with Gasteiger partial charge in [0.25, 0.3) is 0 Å². The number of fused-ring (bicyclic) bond motifs is 1. The van der Waals surface area contributed by atoms with Crippen molar-refractivity contribution in [1.82, 2.24) is 14.6 Å². The molecular weight excluding hydrogens is 260 g/mol.